The fraction of sp³-hybridized carbons (Fsp3) is 0.647. The Hall–Kier alpha value is -1.09. The first-order valence-electron chi connectivity index (χ1n) is 7.88. The zero-order chi connectivity index (χ0) is 14.2. The Morgan fingerprint density at radius 1 is 1.15 bits per heavy atom. The van der Waals surface area contributed by atoms with Crippen LogP contribution in [0.25, 0.3) is 0 Å². The molecule has 1 unspecified atom stereocenters. The minimum atomic E-state index is -0.215. The van der Waals surface area contributed by atoms with E-state index in [-0.39, 0.29) is 5.82 Å². The van der Waals surface area contributed by atoms with Crippen LogP contribution in [0, 0.1) is 5.82 Å². The minimum absolute atomic E-state index is 0.215. The number of nitrogens with zero attached hydrogens (tertiary/aromatic N) is 1. The van der Waals surface area contributed by atoms with Gasteiger partial charge in [-0.15, -0.1) is 0 Å². The summed E-state index contributed by atoms with van der Waals surface area (Å²) < 4.78 is 18.3. The number of hydrogen-bond acceptors (Lipinski definition) is 2. The van der Waals surface area contributed by atoms with E-state index < -0.39 is 0 Å². The molecule has 1 aliphatic heterocycles. The molecule has 0 radical (unpaired) electrons. The van der Waals surface area contributed by atoms with Crippen LogP contribution in [0.15, 0.2) is 24.3 Å². The maximum absolute atomic E-state index is 12.7. The molecule has 1 atom stereocenters. The van der Waals surface area contributed by atoms with Crippen LogP contribution in [0.4, 0.5) is 4.39 Å². The van der Waals surface area contributed by atoms with Crippen molar-refractivity contribution in [3.8, 4) is 5.75 Å². The monoisotopic (exact) mass is 279 g/mol. The van der Waals surface area contributed by atoms with Gasteiger partial charge in [-0.25, -0.2) is 4.39 Å². The van der Waals surface area contributed by atoms with Crippen molar-refractivity contribution in [1.82, 2.24) is 4.90 Å². The second-order valence-electron chi connectivity index (χ2n) is 5.74. The van der Waals surface area contributed by atoms with Gasteiger partial charge in [-0.1, -0.05) is 6.42 Å². The summed E-state index contributed by atoms with van der Waals surface area (Å²) in [7, 11) is 0. The quantitative estimate of drug-likeness (QED) is 0.692. The summed E-state index contributed by atoms with van der Waals surface area (Å²) in [5, 5.41) is 0. The number of benzene rings is 1. The second kappa shape index (κ2) is 8.25. The van der Waals surface area contributed by atoms with Gasteiger partial charge >= 0.3 is 0 Å². The summed E-state index contributed by atoms with van der Waals surface area (Å²) in [6.45, 7) is 5.56. The zero-order valence-corrected chi connectivity index (χ0v) is 12.5. The van der Waals surface area contributed by atoms with Crippen molar-refractivity contribution in [1.29, 1.82) is 0 Å². The zero-order valence-electron chi connectivity index (χ0n) is 12.5. The van der Waals surface area contributed by atoms with Crippen LogP contribution < -0.4 is 4.74 Å². The van der Waals surface area contributed by atoms with Crippen LogP contribution in [-0.2, 0) is 0 Å². The van der Waals surface area contributed by atoms with Gasteiger partial charge in [-0.05, 0) is 76.4 Å². The van der Waals surface area contributed by atoms with Crippen molar-refractivity contribution in [2.24, 2.45) is 0 Å². The van der Waals surface area contributed by atoms with Gasteiger partial charge in [0.1, 0.15) is 11.6 Å². The molecule has 0 bridgehead atoms. The average Bonchev–Trinajstić information content (AvgIpc) is 2.46. The van der Waals surface area contributed by atoms with E-state index in [0.717, 1.165) is 24.8 Å². The largest absolute Gasteiger partial charge is 0.494 e. The number of piperidine rings is 1. The lowest BCUT2D eigenvalue weighted by Gasteiger charge is -2.33. The Balaban J connectivity index is 1.52. The van der Waals surface area contributed by atoms with E-state index in [4.69, 9.17) is 4.74 Å². The van der Waals surface area contributed by atoms with Gasteiger partial charge in [0.15, 0.2) is 0 Å². The predicted molar refractivity (Wildman–Crippen MR) is 80.6 cm³/mol. The van der Waals surface area contributed by atoms with Crippen LogP contribution in [0.1, 0.15) is 45.4 Å². The SMILES string of the molecule is CC1CCCCN1CCCCCOc1ccc(F)cc1. The van der Waals surface area contributed by atoms with E-state index in [1.54, 1.807) is 12.1 Å². The lowest BCUT2D eigenvalue weighted by atomic mass is 10.0. The molecule has 20 heavy (non-hydrogen) atoms. The summed E-state index contributed by atoms with van der Waals surface area (Å²) in [5.41, 5.74) is 0. The molecule has 1 aliphatic rings. The molecule has 3 heteroatoms. The Morgan fingerprint density at radius 2 is 1.95 bits per heavy atom. The lowest BCUT2D eigenvalue weighted by Crippen LogP contribution is -2.37. The highest BCUT2D eigenvalue weighted by Crippen LogP contribution is 2.17. The van der Waals surface area contributed by atoms with Crippen molar-refractivity contribution in [2.45, 2.75) is 51.5 Å². The standard InChI is InChI=1S/C17H26FNO/c1-15-7-3-5-13-19(15)12-4-2-6-14-20-17-10-8-16(18)9-11-17/h8-11,15H,2-7,12-14H2,1H3. The maximum atomic E-state index is 12.7. The first kappa shape index (κ1) is 15.3. The van der Waals surface area contributed by atoms with Gasteiger partial charge in [-0.2, -0.15) is 0 Å². The van der Waals surface area contributed by atoms with Crippen LogP contribution in [-0.4, -0.2) is 30.6 Å². The van der Waals surface area contributed by atoms with Gasteiger partial charge in [0.05, 0.1) is 6.61 Å². The fourth-order valence-electron chi connectivity index (χ4n) is 2.80. The van der Waals surface area contributed by atoms with E-state index in [9.17, 15) is 4.39 Å². The fourth-order valence-corrected chi connectivity index (χ4v) is 2.80. The Labute approximate surface area is 121 Å². The predicted octanol–water partition coefficient (Wildman–Crippen LogP) is 4.25. The molecule has 1 heterocycles. The third-order valence-electron chi connectivity index (χ3n) is 4.11. The highest BCUT2D eigenvalue weighted by molar-refractivity contribution is 5.21. The smallest absolute Gasteiger partial charge is 0.123 e. The molecule has 0 spiro atoms. The molecule has 0 aliphatic carbocycles. The summed E-state index contributed by atoms with van der Waals surface area (Å²) in [4.78, 5) is 2.62. The normalized spacial score (nSPS) is 20.0. The molecule has 1 aromatic rings. The summed E-state index contributed by atoms with van der Waals surface area (Å²) in [6, 6.07) is 7.01. The molecule has 0 aromatic heterocycles. The lowest BCUT2D eigenvalue weighted by molar-refractivity contribution is 0.156. The topological polar surface area (TPSA) is 12.5 Å². The highest BCUT2D eigenvalue weighted by Gasteiger charge is 2.16. The molecule has 1 fully saturated rings. The van der Waals surface area contributed by atoms with E-state index in [1.165, 1.54) is 57.3 Å². The van der Waals surface area contributed by atoms with Crippen molar-refractivity contribution in [3.05, 3.63) is 30.1 Å². The first-order valence-corrected chi connectivity index (χ1v) is 7.88. The number of likely N-dealkylation sites (tertiary alicyclic amines) is 1. The van der Waals surface area contributed by atoms with Crippen molar-refractivity contribution >= 4 is 0 Å². The third kappa shape index (κ3) is 5.12. The van der Waals surface area contributed by atoms with Crippen molar-refractivity contribution < 1.29 is 9.13 Å². The van der Waals surface area contributed by atoms with E-state index >= 15 is 0 Å². The molecular formula is C17H26FNO. The van der Waals surface area contributed by atoms with E-state index in [0.29, 0.717) is 0 Å². The molecule has 0 amide bonds. The van der Waals surface area contributed by atoms with Gasteiger partial charge in [-0.3, -0.25) is 0 Å². The Morgan fingerprint density at radius 3 is 2.70 bits per heavy atom. The van der Waals surface area contributed by atoms with Gasteiger partial charge in [0, 0.05) is 6.04 Å². The second-order valence-corrected chi connectivity index (χ2v) is 5.74. The van der Waals surface area contributed by atoms with E-state index in [1.807, 2.05) is 0 Å². The van der Waals surface area contributed by atoms with Gasteiger partial charge in [0.25, 0.3) is 0 Å². The molecule has 0 saturated carbocycles. The van der Waals surface area contributed by atoms with Crippen LogP contribution in [0.5, 0.6) is 5.75 Å². The summed E-state index contributed by atoms with van der Waals surface area (Å²) in [5.74, 6) is 0.545. The molecule has 112 valence electrons. The number of rotatable bonds is 7. The van der Waals surface area contributed by atoms with Crippen molar-refractivity contribution in [3.63, 3.8) is 0 Å². The Kier molecular flexibility index (Phi) is 6.31. The first-order chi connectivity index (χ1) is 9.75. The molecule has 0 N–H and O–H groups in total. The number of unbranched alkanes of at least 4 members (excludes halogenated alkanes) is 2. The molecular weight excluding hydrogens is 253 g/mol. The minimum Gasteiger partial charge on any atom is -0.494 e. The average molecular weight is 279 g/mol. The number of halogens is 1. The maximum Gasteiger partial charge on any atom is 0.123 e. The number of ether oxygens (including phenoxy) is 1. The summed E-state index contributed by atoms with van der Waals surface area (Å²) in [6.07, 6.45) is 7.62. The van der Waals surface area contributed by atoms with Gasteiger partial charge < -0.3 is 9.64 Å². The van der Waals surface area contributed by atoms with Crippen LogP contribution >= 0.6 is 0 Å². The molecule has 2 nitrogen and oxygen atoms in total. The van der Waals surface area contributed by atoms with Crippen LogP contribution in [0.3, 0.4) is 0 Å². The molecule has 1 saturated heterocycles. The van der Waals surface area contributed by atoms with Gasteiger partial charge in [0.2, 0.25) is 0 Å². The van der Waals surface area contributed by atoms with E-state index in [2.05, 4.69) is 11.8 Å². The van der Waals surface area contributed by atoms with Crippen molar-refractivity contribution in [2.75, 3.05) is 19.7 Å². The van der Waals surface area contributed by atoms with Crippen LogP contribution in [0.2, 0.25) is 0 Å². The number of hydrogen-bond donors (Lipinski definition) is 0. The molecule has 1 aromatic carbocycles. The summed E-state index contributed by atoms with van der Waals surface area (Å²) >= 11 is 0. The highest BCUT2D eigenvalue weighted by atomic mass is 19.1. The Bertz CT molecular complexity index is 379. The third-order valence-corrected chi connectivity index (χ3v) is 4.11. The molecule has 2 rings (SSSR count).